The van der Waals surface area contributed by atoms with Gasteiger partial charge in [0.1, 0.15) is 5.75 Å². The van der Waals surface area contributed by atoms with Crippen LogP contribution in [-0.2, 0) is 9.59 Å². The molecule has 1 saturated carbocycles. The van der Waals surface area contributed by atoms with E-state index in [2.05, 4.69) is 15.5 Å². The number of nitrogens with zero attached hydrogens (tertiary/aromatic N) is 2. The van der Waals surface area contributed by atoms with Gasteiger partial charge in [-0.3, -0.25) is 9.59 Å². The Morgan fingerprint density at radius 1 is 1.07 bits per heavy atom. The smallest absolute Gasteiger partial charge is 0.237 e. The number of hydrogen-bond donors (Lipinski definition) is 2. The molecule has 3 fully saturated rings. The van der Waals surface area contributed by atoms with Crippen LogP contribution in [0.2, 0.25) is 0 Å². The third-order valence-corrected chi connectivity index (χ3v) is 6.27. The number of fused-ring (bicyclic) bond motifs is 1. The summed E-state index contributed by atoms with van der Waals surface area (Å²) in [6.45, 7) is 2.97. The van der Waals surface area contributed by atoms with E-state index in [-0.39, 0.29) is 24.3 Å². The van der Waals surface area contributed by atoms with Crippen LogP contribution in [0.5, 0.6) is 5.75 Å². The van der Waals surface area contributed by atoms with Crippen LogP contribution in [0.1, 0.15) is 32.1 Å². The van der Waals surface area contributed by atoms with E-state index in [1.54, 1.807) is 7.11 Å². The summed E-state index contributed by atoms with van der Waals surface area (Å²) in [4.78, 5) is 29.3. The molecule has 1 aromatic carbocycles. The zero-order chi connectivity index (χ0) is 19.5. The predicted molar refractivity (Wildman–Crippen MR) is 108 cm³/mol. The Labute approximate surface area is 166 Å². The first-order valence-electron chi connectivity index (χ1n) is 10.4. The maximum Gasteiger partial charge on any atom is 0.237 e. The summed E-state index contributed by atoms with van der Waals surface area (Å²) in [5.74, 6) is 0.890. The number of methoxy groups -OCH3 is 1. The van der Waals surface area contributed by atoms with E-state index in [1.165, 1.54) is 12.8 Å². The van der Waals surface area contributed by atoms with E-state index in [0.29, 0.717) is 19.1 Å². The molecule has 0 unspecified atom stereocenters. The van der Waals surface area contributed by atoms with Crippen LogP contribution in [0.15, 0.2) is 24.3 Å². The van der Waals surface area contributed by atoms with Crippen molar-refractivity contribution in [2.45, 2.75) is 50.2 Å². The lowest BCUT2D eigenvalue weighted by atomic mass is 9.87. The summed E-state index contributed by atoms with van der Waals surface area (Å²) in [7, 11) is 1.66. The molecule has 7 heteroatoms. The molecule has 2 N–H and O–H groups in total. The van der Waals surface area contributed by atoms with Gasteiger partial charge in [-0.15, -0.1) is 0 Å². The van der Waals surface area contributed by atoms with Crippen LogP contribution in [0.25, 0.3) is 0 Å². The van der Waals surface area contributed by atoms with Gasteiger partial charge in [0.25, 0.3) is 0 Å². The third kappa shape index (κ3) is 4.09. The van der Waals surface area contributed by atoms with Gasteiger partial charge in [-0.05, 0) is 37.1 Å². The van der Waals surface area contributed by atoms with Gasteiger partial charge >= 0.3 is 0 Å². The van der Waals surface area contributed by atoms with Gasteiger partial charge < -0.3 is 25.2 Å². The highest BCUT2D eigenvalue weighted by molar-refractivity contribution is 5.89. The summed E-state index contributed by atoms with van der Waals surface area (Å²) in [6.07, 6.45) is 4.73. The SMILES string of the molecule is COc1ccc(N2CCN(C(=O)C[C@H]3N[C@H]4CCCC[C@H]4NC3=O)CC2)cc1. The van der Waals surface area contributed by atoms with Gasteiger partial charge in [0.05, 0.1) is 19.6 Å². The summed E-state index contributed by atoms with van der Waals surface area (Å²) in [5, 5.41) is 6.56. The van der Waals surface area contributed by atoms with E-state index in [9.17, 15) is 9.59 Å². The van der Waals surface area contributed by atoms with Crippen molar-refractivity contribution in [3.05, 3.63) is 24.3 Å². The minimum atomic E-state index is -0.397. The fourth-order valence-corrected chi connectivity index (χ4v) is 4.58. The molecule has 4 rings (SSSR count). The molecule has 2 aliphatic heterocycles. The summed E-state index contributed by atoms with van der Waals surface area (Å²) < 4.78 is 5.21. The third-order valence-electron chi connectivity index (χ3n) is 6.27. The molecule has 2 saturated heterocycles. The maximum absolute atomic E-state index is 12.8. The van der Waals surface area contributed by atoms with Crippen LogP contribution in [0.3, 0.4) is 0 Å². The Kier molecular flexibility index (Phi) is 5.71. The van der Waals surface area contributed by atoms with Crippen molar-refractivity contribution in [2.75, 3.05) is 38.2 Å². The Morgan fingerprint density at radius 2 is 1.75 bits per heavy atom. The van der Waals surface area contributed by atoms with E-state index in [4.69, 9.17) is 4.74 Å². The lowest BCUT2D eigenvalue weighted by Crippen LogP contribution is -2.65. The van der Waals surface area contributed by atoms with Crippen LogP contribution >= 0.6 is 0 Å². The number of ether oxygens (including phenoxy) is 1. The average Bonchev–Trinajstić information content (AvgIpc) is 2.74. The van der Waals surface area contributed by atoms with Gasteiger partial charge in [0.15, 0.2) is 0 Å². The second kappa shape index (κ2) is 8.39. The highest BCUT2D eigenvalue weighted by Gasteiger charge is 2.37. The van der Waals surface area contributed by atoms with Crippen LogP contribution < -0.4 is 20.3 Å². The van der Waals surface area contributed by atoms with Crippen molar-refractivity contribution in [3.8, 4) is 5.75 Å². The number of benzene rings is 1. The van der Waals surface area contributed by atoms with Gasteiger partial charge in [-0.25, -0.2) is 0 Å². The fourth-order valence-electron chi connectivity index (χ4n) is 4.58. The molecule has 7 nitrogen and oxygen atoms in total. The molecule has 0 spiro atoms. The summed E-state index contributed by atoms with van der Waals surface area (Å²) in [5.41, 5.74) is 1.14. The van der Waals surface area contributed by atoms with Crippen LogP contribution in [0.4, 0.5) is 5.69 Å². The molecule has 152 valence electrons. The number of carbonyl (C=O) groups excluding carboxylic acids is 2. The number of rotatable bonds is 4. The van der Waals surface area contributed by atoms with Gasteiger partial charge in [-0.2, -0.15) is 0 Å². The number of carbonyl (C=O) groups is 2. The van der Waals surface area contributed by atoms with Crippen LogP contribution in [-0.4, -0.2) is 68.1 Å². The van der Waals surface area contributed by atoms with E-state index < -0.39 is 6.04 Å². The average molecular weight is 386 g/mol. The van der Waals surface area contributed by atoms with Crippen molar-refractivity contribution in [1.82, 2.24) is 15.5 Å². The highest BCUT2D eigenvalue weighted by Crippen LogP contribution is 2.23. The molecule has 0 aromatic heterocycles. The fraction of sp³-hybridized carbons (Fsp3) is 0.619. The molecular formula is C21H30N4O3. The highest BCUT2D eigenvalue weighted by atomic mass is 16.5. The standard InChI is InChI=1S/C21H30N4O3/c1-28-16-8-6-15(7-9-16)24-10-12-25(13-11-24)20(26)14-19-21(27)23-18-5-3-2-4-17(18)22-19/h6-9,17-19,22H,2-5,10-14H2,1H3,(H,23,27)/t17-,18+,19+/m0/s1. The molecule has 2 heterocycles. The first-order valence-corrected chi connectivity index (χ1v) is 10.4. The quantitative estimate of drug-likeness (QED) is 0.812. The molecule has 3 aliphatic rings. The lowest BCUT2D eigenvalue weighted by molar-refractivity contribution is -0.136. The second-order valence-electron chi connectivity index (χ2n) is 8.00. The number of anilines is 1. The normalized spacial score (nSPS) is 27.8. The van der Waals surface area contributed by atoms with Gasteiger partial charge in [0.2, 0.25) is 11.8 Å². The monoisotopic (exact) mass is 386 g/mol. The first kappa shape index (κ1) is 19.1. The number of piperazine rings is 2. The molecule has 0 bridgehead atoms. The minimum absolute atomic E-state index is 0.0200. The molecular weight excluding hydrogens is 356 g/mol. The van der Waals surface area contributed by atoms with Crippen LogP contribution in [0, 0.1) is 0 Å². The van der Waals surface area contributed by atoms with E-state index in [1.807, 2.05) is 29.2 Å². The summed E-state index contributed by atoms with van der Waals surface area (Å²) in [6, 6.07) is 8.17. The maximum atomic E-state index is 12.8. The molecule has 28 heavy (non-hydrogen) atoms. The molecule has 3 atom stereocenters. The van der Waals surface area contributed by atoms with E-state index in [0.717, 1.165) is 37.4 Å². The topological polar surface area (TPSA) is 73.9 Å². The molecule has 0 radical (unpaired) electrons. The lowest BCUT2D eigenvalue weighted by Gasteiger charge is -2.41. The van der Waals surface area contributed by atoms with Gasteiger partial charge in [0, 0.05) is 44.0 Å². The molecule has 2 amide bonds. The van der Waals surface area contributed by atoms with Crippen molar-refractivity contribution >= 4 is 17.5 Å². The Bertz CT molecular complexity index is 700. The number of hydrogen-bond acceptors (Lipinski definition) is 5. The summed E-state index contributed by atoms with van der Waals surface area (Å²) >= 11 is 0. The van der Waals surface area contributed by atoms with Crippen molar-refractivity contribution in [1.29, 1.82) is 0 Å². The van der Waals surface area contributed by atoms with Gasteiger partial charge in [-0.1, -0.05) is 12.8 Å². The van der Waals surface area contributed by atoms with Crippen molar-refractivity contribution < 1.29 is 14.3 Å². The molecule has 1 aromatic rings. The Morgan fingerprint density at radius 3 is 2.43 bits per heavy atom. The second-order valence-corrected chi connectivity index (χ2v) is 8.00. The molecule has 1 aliphatic carbocycles. The largest absolute Gasteiger partial charge is 0.497 e. The van der Waals surface area contributed by atoms with Crippen molar-refractivity contribution in [2.24, 2.45) is 0 Å². The first-order chi connectivity index (χ1) is 13.6. The zero-order valence-corrected chi connectivity index (χ0v) is 16.5. The Hall–Kier alpha value is -2.28. The number of amides is 2. The van der Waals surface area contributed by atoms with Crippen molar-refractivity contribution in [3.63, 3.8) is 0 Å². The zero-order valence-electron chi connectivity index (χ0n) is 16.5. The number of nitrogens with one attached hydrogen (secondary N) is 2. The predicted octanol–water partition coefficient (Wildman–Crippen LogP) is 1.13. The van der Waals surface area contributed by atoms with E-state index >= 15 is 0 Å². The Balaban J connectivity index is 1.28. The minimum Gasteiger partial charge on any atom is -0.497 e.